The largest absolute Gasteiger partial charge is 0.363 e. The zero-order valence-corrected chi connectivity index (χ0v) is 16.0. The van der Waals surface area contributed by atoms with E-state index in [9.17, 15) is 4.79 Å². The van der Waals surface area contributed by atoms with Crippen LogP contribution in [0.2, 0.25) is 0 Å². The number of nitrogens with zero attached hydrogens (tertiary/aromatic N) is 2. The minimum atomic E-state index is -0.464. The number of thiophene rings is 1. The second kappa shape index (κ2) is 6.79. The number of carbonyl (C=O) groups is 1. The maximum absolute atomic E-state index is 15.2. The predicted octanol–water partition coefficient (Wildman–Crippen LogP) is 3.42. The maximum atomic E-state index is 15.2. The lowest BCUT2D eigenvalue weighted by Gasteiger charge is -2.30. The Kier molecular flexibility index (Phi) is 4.25. The molecule has 4 N–H and O–H groups in total. The first-order valence-electron chi connectivity index (χ1n) is 9.49. The molecule has 3 aromatic heterocycles. The van der Waals surface area contributed by atoms with Crippen LogP contribution in [0.5, 0.6) is 0 Å². The highest BCUT2D eigenvalue weighted by Gasteiger charge is 2.32. The molecule has 1 aliphatic carbocycles. The van der Waals surface area contributed by atoms with Crippen molar-refractivity contribution in [2.45, 2.75) is 44.3 Å². The van der Waals surface area contributed by atoms with Crippen molar-refractivity contribution in [3.63, 3.8) is 0 Å². The van der Waals surface area contributed by atoms with Gasteiger partial charge in [-0.1, -0.05) is 12.8 Å². The van der Waals surface area contributed by atoms with E-state index < -0.39 is 5.82 Å². The predicted molar refractivity (Wildman–Crippen MR) is 108 cm³/mol. The molecule has 3 aromatic rings. The molecule has 0 saturated heterocycles. The third kappa shape index (κ3) is 2.84. The number of nitrogens with one attached hydrogen (secondary N) is 2. The van der Waals surface area contributed by atoms with Crippen LogP contribution >= 0.6 is 11.3 Å². The number of rotatable bonds is 3. The number of halogens is 1. The zero-order valence-electron chi connectivity index (χ0n) is 15.2. The summed E-state index contributed by atoms with van der Waals surface area (Å²) in [6, 6.07) is 5.70. The summed E-state index contributed by atoms with van der Waals surface area (Å²) in [6.45, 7) is 0.171. The number of carbonyl (C=O) groups excluding carboxylic acids is 1. The third-order valence-corrected chi connectivity index (χ3v) is 6.65. The van der Waals surface area contributed by atoms with Gasteiger partial charge in [0.15, 0.2) is 11.6 Å². The van der Waals surface area contributed by atoms with Gasteiger partial charge in [-0.3, -0.25) is 9.78 Å². The Morgan fingerprint density at radius 2 is 2.18 bits per heavy atom. The van der Waals surface area contributed by atoms with Crippen LogP contribution in [0.1, 0.15) is 41.6 Å². The molecule has 1 amide bonds. The maximum Gasteiger partial charge on any atom is 0.254 e. The fourth-order valence-electron chi connectivity index (χ4n) is 4.05. The number of pyridine rings is 2. The van der Waals surface area contributed by atoms with Gasteiger partial charge < -0.3 is 16.4 Å². The molecule has 0 unspecified atom stereocenters. The number of amides is 1. The van der Waals surface area contributed by atoms with Crippen molar-refractivity contribution in [1.82, 2.24) is 15.3 Å². The van der Waals surface area contributed by atoms with E-state index in [4.69, 9.17) is 5.73 Å². The van der Waals surface area contributed by atoms with Gasteiger partial charge in [0.05, 0.1) is 26.4 Å². The molecule has 8 heteroatoms. The van der Waals surface area contributed by atoms with Crippen molar-refractivity contribution in [2.75, 3.05) is 5.32 Å². The summed E-state index contributed by atoms with van der Waals surface area (Å²) in [5.74, 6) is -0.574. The smallest absolute Gasteiger partial charge is 0.254 e. The molecule has 0 aromatic carbocycles. The second-order valence-electron chi connectivity index (χ2n) is 7.36. The topological polar surface area (TPSA) is 92.9 Å². The van der Waals surface area contributed by atoms with Gasteiger partial charge in [-0.05, 0) is 31.0 Å². The fraction of sp³-hybridized carbons (Fsp3) is 0.350. The second-order valence-corrected chi connectivity index (χ2v) is 8.44. The number of aromatic nitrogens is 2. The van der Waals surface area contributed by atoms with E-state index in [1.165, 1.54) is 11.3 Å². The molecule has 6 nitrogen and oxygen atoms in total. The van der Waals surface area contributed by atoms with Crippen molar-refractivity contribution in [1.29, 1.82) is 0 Å². The fourth-order valence-corrected chi connectivity index (χ4v) is 5.07. The summed E-state index contributed by atoms with van der Waals surface area (Å²) in [5.41, 5.74) is 8.25. The summed E-state index contributed by atoms with van der Waals surface area (Å²) in [4.78, 5) is 22.1. The summed E-state index contributed by atoms with van der Waals surface area (Å²) in [7, 11) is 0. The van der Waals surface area contributed by atoms with E-state index in [1.54, 1.807) is 6.20 Å². The molecule has 2 atom stereocenters. The third-order valence-electron chi connectivity index (χ3n) is 5.55. The molecular formula is C20H20FN5OS. The summed E-state index contributed by atoms with van der Waals surface area (Å²) in [5, 5.41) is 5.95. The van der Waals surface area contributed by atoms with Crippen LogP contribution in [-0.2, 0) is 6.54 Å². The SMILES string of the molecule is N[C@H]1CCCC[C@H]1Nc1nc(-c2cc3ncccc3s2)c2c(c1F)CNC2=O. The molecule has 0 bridgehead atoms. The molecule has 1 aliphatic heterocycles. The lowest BCUT2D eigenvalue weighted by atomic mass is 9.91. The number of nitrogens with two attached hydrogens (primary N) is 1. The van der Waals surface area contributed by atoms with Gasteiger partial charge in [0, 0.05) is 30.4 Å². The lowest BCUT2D eigenvalue weighted by Crippen LogP contribution is -2.43. The molecule has 1 fully saturated rings. The monoisotopic (exact) mass is 397 g/mol. The average Bonchev–Trinajstić information content (AvgIpc) is 3.30. The van der Waals surface area contributed by atoms with Gasteiger partial charge in [0.1, 0.15) is 0 Å². The molecule has 2 aliphatic rings. The van der Waals surface area contributed by atoms with Crippen LogP contribution in [0, 0.1) is 5.82 Å². The van der Waals surface area contributed by atoms with Gasteiger partial charge in [0.25, 0.3) is 5.91 Å². The van der Waals surface area contributed by atoms with Crippen molar-refractivity contribution in [3.05, 3.63) is 41.3 Å². The van der Waals surface area contributed by atoms with Gasteiger partial charge in [-0.15, -0.1) is 11.3 Å². The highest BCUT2D eigenvalue weighted by molar-refractivity contribution is 7.22. The van der Waals surface area contributed by atoms with Crippen molar-refractivity contribution in [3.8, 4) is 10.6 Å². The minimum absolute atomic E-state index is 0.0178. The van der Waals surface area contributed by atoms with Gasteiger partial charge in [-0.2, -0.15) is 0 Å². The molecular weight excluding hydrogens is 377 g/mol. The Morgan fingerprint density at radius 3 is 3.00 bits per heavy atom. The van der Waals surface area contributed by atoms with Gasteiger partial charge >= 0.3 is 0 Å². The quantitative estimate of drug-likeness (QED) is 0.630. The molecule has 144 valence electrons. The normalized spacial score (nSPS) is 21.6. The summed E-state index contributed by atoms with van der Waals surface area (Å²) >= 11 is 1.50. The van der Waals surface area contributed by atoms with Crippen molar-refractivity contribution in [2.24, 2.45) is 5.73 Å². The minimum Gasteiger partial charge on any atom is -0.363 e. The Labute approximate surface area is 165 Å². The highest BCUT2D eigenvalue weighted by atomic mass is 32.1. The molecule has 5 rings (SSSR count). The highest BCUT2D eigenvalue weighted by Crippen LogP contribution is 2.38. The van der Waals surface area contributed by atoms with Crippen LogP contribution in [-0.4, -0.2) is 28.0 Å². The number of hydrogen-bond acceptors (Lipinski definition) is 6. The molecule has 28 heavy (non-hydrogen) atoms. The number of anilines is 1. The summed E-state index contributed by atoms with van der Waals surface area (Å²) in [6.07, 6.45) is 5.69. The van der Waals surface area contributed by atoms with Crippen molar-refractivity contribution < 1.29 is 9.18 Å². The summed E-state index contributed by atoms with van der Waals surface area (Å²) < 4.78 is 16.2. The van der Waals surface area contributed by atoms with Crippen molar-refractivity contribution >= 4 is 33.3 Å². The molecule has 0 radical (unpaired) electrons. The lowest BCUT2D eigenvalue weighted by molar-refractivity contribution is 0.0966. The Hall–Kier alpha value is -2.58. The molecule has 1 saturated carbocycles. The van der Waals surface area contributed by atoms with E-state index in [0.717, 1.165) is 40.8 Å². The first kappa shape index (κ1) is 17.5. The average molecular weight is 397 g/mol. The molecule has 4 heterocycles. The van der Waals surface area contributed by atoms with Gasteiger partial charge in [-0.25, -0.2) is 9.37 Å². The van der Waals surface area contributed by atoms with E-state index in [2.05, 4.69) is 20.6 Å². The van der Waals surface area contributed by atoms with Crippen LogP contribution in [0.4, 0.5) is 10.2 Å². The standard InChI is InChI=1S/C20H20FN5OS/c21-17-10-9-24-20(27)16(10)18(15-8-13-14(28-15)6-3-7-23-13)26-19(17)25-12-5-2-1-4-11(12)22/h3,6-8,11-12H,1-2,4-5,9,22H2,(H,24,27)(H,25,26)/t11-,12+/m0/s1. The Balaban J connectivity index is 1.63. The Morgan fingerprint density at radius 1 is 1.32 bits per heavy atom. The first-order chi connectivity index (χ1) is 13.6. The van der Waals surface area contributed by atoms with Crippen LogP contribution in [0.3, 0.4) is 0 Å². The zero-order chi connectivity index (χ0) is 19.3. The van der Waals surface area contributed by atoms with E-state index >= 15 is 4.39 Å². The van der Waals surface area contributed by atoms with E-state index in [0.29, 0.717) is 16.8 Å². The van der Waals surface area contributed by atoms with Crippen LogP contribution < -0.4 is 16.4 Å². The van der Waals surface area contributed by atoms with Crippen LogP contribution in [0.15, 0.2) is 24.4 Å². The van der Waals surface area contributed by atoms with E-state index in [-0.39, 0.29) is 30.4 Å². The molecule has 0 spiro atoms. The van der Waals surface area contributed by atoms with E-state index in [1.807, 2.05) is 18.2 Å². The van der Waals surface area contributed by atoms with Gasteiger partial charge in [0.2, 0.25) is 0 Å². The van der Waals surface area contributed by atoms with Crippen LogP contribution in [0.25, 0.3) is 20.8 Å². The Bertz CT molecular complexity index is 1050. The number of hydrogen-bond donors (Lipinski definition) is 3. The first-order valence-corrected chi connectivity index (χ1v) is 10.3. The number of fused-ring (bicyclic) bond motifs is 2.